The van der Waals surface area contributed by atoms with Gasteiger partial charge in [0.2, 0.25) is 0 Å². The lowest BCUT2D eigenvalue weighted by Crippen LogP contribution is -2.60. The smallest absolute Gasteiger partial charge is 0.160 e. The second kappa shape index (κ2) is 5.75. The number of fused-ring (bicyclic) bond motifs is 4. The van der Waals surface area contributed by atoms with Crippen molar-refractivity contribution >= 4 is 23.1 Å². The highest BCUT2D eigenvalue weighted by Crippen LogP contribution is 2.69. The topological polar surface area (TPSA) is 88.5 Å². The van der Waals surface area contributed by atoms with Crippen LogP contribution in [0.2, 0.25) is 0 Å². The number of Topliss-reactive ketones (excluding diaryl/α,β-unsaturated/α-hetero) is 4. The molecule has 0 amide bonds. The van der Waals surface area contributed by atoms with Crippen LogP contribution in [-0.2, 0) is 19.2 Å². The molecule has 1 N–H and O–H groups in total. The summed E-state index contributed by atoms with van der Waals surface area (Å²) < 4.78 is 0. The second-order valence-electron chi connectivity index (χ2n) is 11.1. The Morgan fingerprint density at radius 3 is 2.24 bits per heavy atom. The fourth-order valence-corrected chi connectivity index (χ4v) is 7.64. The average molecular weight is 401 g/mol. The summed E-state index contributed by atoms with van der Waals surface area (Å²) in [4.78, 5) is 52.0. The van der Waals surface area contributed by atoms with Crippen LogP contribution in [0.25, 0.3) is 0 Å². The summed E-state index contributed by atoms with van der Waals surface area (Å²) >= 11 is 0. The molecule has 5 nitrogen and oxygen atoms in total. The fourth-order valence-electron chi connectivity index (χ4n) is 7.64. The summed E-state index contributed by atoms with van der Waals surface area (Å²) in [6, 6.07) is 0. The SMILES string of the molecule is CC(=O)C1CC(=O)[C@@]2(C)C3=C(C(=O)C[C@]12C)[C@@]1(C)CCC(=O)C(C)(C)[C@@H]1C[C@@H]3O. The molecule has 2 fully saturated rings. The molecule has 0 spiro atoms. The van der Waals surface area contributed by atoms with E-state index in [0.29, 0.717) is 30.4 Å². The van der Waals surface area contributed by atoms with Crippen molar-refractivity contribution in [2.75, 3.05) is 0 Å². The molecule has 0 bridgehead atoms. The third-order valence-electron chi connectivity index (χ3n) is 9.56. The van der Waals surface area contributed by atoms with E-state index in [9.17, 15) is 24.3 Å². The number of carbonyl (C=O) groups excluding carboxylic acids is 4. The van der Waals surface area contributed by atoms with Gasteiger partial charge in [-0.05, 0) is 38.2 Å². The van der Waals surface area contributed by atoms with E-state index < -0.39 is 33.7 Å². The van der Waals surface area contributed by atoms with E-state index in [-0.39, 0.29) is 41.9 Å². The van der Waals surface area contributed by atoms with Crippen molar-refractivity contribution in [2.45, 2.75) is 79.8 Å². The molecule has 0 radical (unpaired) electrons. The highest BCUT2D eigenvalue weighted by molar-refractivity contribution is 6.07. The van der Waals surface area contributed by atoms with Crippen molar-refractivity contribution in [2.24, 2.45) is 33.5 Å². The Morgan fingerprint density at radius 1 is 1.03 bits per heavy atom. The first-order valence-electron chi connectivity index (χ1n) is 10.8. The lowest BCUT2D eigenvalue weighted by atomic mass is 9.43. The number of aliphatic hydroxyl groups excluding tert-OH is 1. The molecule has 0 aromatic carbocycles. The Bertz CT molecular complexity index is 895. The largest absolute Gasteiger partial charge is 0.389 e. The van der Waals surface area contributed by atoms with Crippen LogP contribution in [-0.4, -0.2) is 34.3 Å². The molecule has 6 atom stereocenters. The van der Waals surface area contributed by atoms with Gasteiger partial charge in [0.15, 0.2) is 5.78 Å². The summed E-state index contributed by atoms with van der Waals surface area (Å²) in [7, 11) is 0. The molecule has 0 aliphatic heterocycles. The zero-order chi connectivity index (χ0) is 21.7. The average Bonchev–Trinajstić information content (AvgIpc) is 2.81. The normalized spacial score (nSPS) is 46.3. The summed E-state index contributed by atoms with van der Waals surface area (Å²) in [6.45, 7) is 11.1. The zero-order valence-corrected chi connectivity index (χ0v) is 18.3. The van der Waals surface area contributed by atoms with E-state index in [4.69, 9.17) is 0 Å². The molecular weight excluding hydrogens is 368 g/mol. The molecule has 1 unspecified atom stereocenters. The predicted octanol–water partition coefficient (Wildman–Crippen LogP) is 3.22. The number of allylic oxidation sites excluding steroid dienone is 1. The van der Waals surface area contributed by atoms with Crippen molar-refractivity contribution in [3.8, 4) is 0 Å². The van der Waals surface area contributed by atoms with Gasteiger partial charge in [0.25, 0.3) is 0 Å². The van der Waals surface area contributed by atoms with E-state index in [0.717, 1.165) is 0 Å². The Kier molecular flexibility index (Phi) is 4.09. The maximum Gasteiger partial charge on any atom is 0.160 e. The fraction of sp³-hybridized carbons (Fsp3) is 0.750. The Balaban J connectivity index is 1.99. The first-order chi connectivity index (χ1) is 13.2. The highest BCUT2D eigenvalue weighted by Gasteiger charge is 2.70. The number of rotatable bonds is 1. The van der Waals surface area contributed by atoms with Crippen LogP contribution in [0, 0.1) is 33.5 Å². The van der Waals surface area contributed by atoms with E-state index >= 15 is 0 Å². The van der Waals surface area contributed by atoms with Crippen molar-refractivity contribution in [3.05, 3.63) is 11.1 Å². The van der Waals surface area contributed by atoms with Gasteiger partial charge in [-0.3, -0.25) is 19.2 Å². The molecule has 4 aliphatic rings. The summed E-state index contributed by atoms with van der Waals surface area (Å²) in [5.41, 5.74) is -1.87. The minimum Gasteiger partial charge on any atom is -0.389 e. The molecule has 0 saturated heterocycles. The molecule has 158 valence electrons. The standard InChI is InChI=1S/C24H32O5/c1-12(25)13-9-18(29)24(6)20-14(26)10-16-21(2,3)17(28)7-8-22(16,4)19(20)15(27)11-23(13,24)5/h13-14,16,26H,7-11H2,1-6H3/t13?,14-,16-,22-,23+,24-/m0/s1. The first-order valence-corrected chi connectivity index (χ1v) is 10.8. The van der Waals surface area contributed by atoms with Gasteiger partial charge in [0.1, 0.15) is 17.3 Å². The zero-order valence-electron chi connectivity index (χ0n) is 18.3. The van der Waals surface area contributed by atoms with Gasteiger partial charge in [-0.25, -0.2) is 0 Å². The lowest BCUT2D eigenvalue weighted by Gasteiger charge is -2.59. The summed E-state index contributed by atoms with van der Waals surface area (Å²) in [5.74, 6) is -0.656. The van der Waals surface area contributed by atoms with E-state index in [1.807, 2.05) is 34.6 Å². The van der Waals surface area contributed by atoms with Crippen molar-refractivity contribution in [1.29, 1.82) is 0 Å². The molecule has 4 aliphatic carbocycles. The number of ketones is 4. The van der Waals surface area contributed by atoms with Gasteiger partial charge in [-0.15, -0.1) is 0 Å². The van der Waals surface area contributed by atoms with Crippen LogP contribution in [0.5, 0.6) is 0 Å². The van der Waals surface area contributed by atoms with Crippen LogP contribution in [0.3, 0.4) is 0 Å². The molecule has 0 aromatic rings. The number of carbonyl (C=O) groups is 4. The third-order valence-corrected chi connectivity index (χ3v) is 9.56. The molecule has 0 aromatic heterocycles. The summed E-state index contributed by atoms with van der Waals surface area (Å²) in [6.07, 6.45) is 0.652. The summed E-state index contributed by atoms with van der Waals surface area (Å²) in [5, 5.41) is 11.3. The van der Waals surface area contributed by atoms with Crippen molar-refractivity contribution in [1.82, 2.24) is 0 Å². The molecule has 4 rings (SSSR count). The molecule has 5 heteroatoms. The van der Waals surface area contributed by atoms with E-state index in [1.165, 1.54) is 6.92 Å². The van der Waals surface area contributed by atoms with Crippen LogP contribution in [0.1, 0.15) is 73.6 Å². The first kappa shape index (κ1) is 20.6. The minimum atomic E-state index is -1.02. The third kappa shape index (κ3) is 2.20. The van der Waals surface area contributed by atoms with E-state index in [2.05, 4.69) is 0 Å². The van der Waals surface area contributed by atoms with Crippen molar-refractivity contribution in [3.63, 3.8) is 0 Å². The number of hydrogen-bond acceptors (Lipinski definition) is 5. The highest BCUT2D eigenvalue weighted by atomic mass is 16.3. The van der Waals surface area contributed by atoms with Crippen LogP contribution >= 0.6 is 0 Å². The van der Waals surface area contributed by atoms with Crippen LogP contribution in [0.4, 0.5) is 0 Å². The minimum absolute atomic E-state index is 0.0487. The maximum absolute atomic E-state index is 13.6. The Hall–Kier alpha value is -1.62. The maximum atomic E-state index is 13.6. The Labute approximate surface area is 172 Å². The van der Waals surface area contributed by atoms with Crippen LogP contribution < -0.4 is 0 Å². The number of aliphatic hydroxyl groups is 1. The quantitative estimate of drug-likeness (QED) is 0.730. The van der Waals surface area contributed by atoms with Gasteiger partial charge in [0.05, 0.1) is 11.5 Å². The monoisotopic (exact) mass is 400 g/mol. The molecule has 29 heavy (non-hydrogen) atoms. The predicted molar refractivity (Wildman–Crippen MR) is 107 cm³/mol. The van der Waals surface area contributed by atoms with Crippen molar-refractivity contribution < 1.29 is 24.3 Å². The van der Waals surface area contributed by atoms with Gasteiger partial charge >= 0.3 is 0 Å². The van der Waals surface area contributed by atoms with Gasteiger partial charge in [0, 0.05) is 47.0 Å². The molecule has 2 saturated carbocycles. The molecular formula is C24H32O5. The van der Waals surface area contributed by atoms with Gasteiger partial charge < -0.3 is 5.11 Å². The number of hydrogen-bond donors (Lipinski definition) is 1. The van der Waals surface area contributed by atoms with Crippen LogP contribution in [0.15, 0.2) is 11.1 Å². The van der Waals surface area contributed by atoms with E-state index in [1.54, 1.807) is 0 Å². The van der Waals surface area contributed by atoms with Gasteiger partial charge in [-0.2, -0.15) is 0 Å². The molecule has 0 heterocycles. The lowest BCUT2D eigenvalue weighted by molar-refractivity contribution is -0.147. The Morgan fingerprint density at radius 2 is 1.66 bits per heavy atom. The van der Waals surface area contributed by atoms with Gasteiger partial charge in [-0.1, -0.05) is 27.7 Å². The second-order valence-corrected chi connectivity index (χ2v) is 11.1.